The summed E-state index contributed by atoms with van der Waals surface area (Å²) in [6.07, 6.45) is 0. The van der Waals surface area contributed by atoms with Gasteiger partial charge in [0, 0.05) is 29.9 Å². The molecule has 0 aliphatic carbocycles. The molecule has 4 aromatic carbocycles. The Balaban J connectivity index is 1.59. The molecular formula is C30H32N6O17S5. The minimum atomic E-state index is -5.15. The van der Waals surface area contributed by atoms with Gasteiger partial charge in [0.1, 0.15) is 16.3 Å². The molecule has 0 atom stereocenters. The lowest BCUT2D eigenvalue weighted by Gasteiger charge is -2.17. The molecule has 58 heavy (non-hydrogen) atoms. The zero-order valence-electron chi connectivity index (χ0n) is 29.5. The molecule has 0 saturated carbocycles. The molecule has 0 heterocycles. The van der Waals surface area contributed by atoms with Gasteiger partial charge >= 0.3 is 20.8 Å². The van der Waals surface area contributed by atoms with E-state index in [1.165, 1.54) is 55.6 Å². The number of rotatable bonds is 18. The standard InChI is InChI=1S/C30H32N6O17S5/c1-36(11-14-54(39,40)15-12-52-57(46,47)48)30(38)19-3-2-4-21(17-19)33-35-28-26(56(43,44)45)18-24-23(29(28)37)9-10-25(31)27(24)34-32-20-5-7-22(8-6-20)55(41,42)16-13-53-58(49,50)51/h2-10,17-18,37H,11-16,31H2,1H3,(H,43,44,45)(H,46,47,48)(H,49,50,51). The van der Waals surface area contributed by atoms with Gasteiger partial charge in [-0.3, -0.25) is 18.5 Å². The van der Waals surface area contributed by atoms with E-state index in [2.05, 4.69) is 28.8 Å². The number of amides is 1. The Bertz CT molecular complexity index is 2850. The maximum Gasteiger partial charge on any atom is 0.397 e. The fraction of sp³-hybridized carbons (Fsp3) is 0.233. The number of phenolic OH excluding ortho intramolecular Hbond substituents is 1. The van der Waals surface area contributed by atoms with E-state index in [0.717, 1.165) is 23.1 Å². The average Bonchev–Trinajstić information content (AvgIpc) is 3.11. The van der Waals surface area contributed by atoms with E-state index in [4.69, 9.17) is 14.8 Å². The molecule has 0 fully saturated rings. The quantitative estimate of drug-likeness (QED) is 0.0544. The Labute approximate surface area is 331 Å². The summed E-state index contributed by atoms with van der Waals surface area (Å²) < 4.78 is 153. The molecule has 0 saturated heterocycles. The fourth-order valence-electron chi connectivity index (χ4n) is 4.80. The maximum absolute atomic E-state index is 13.0. The third kappa shape index (κ3) is 12.7. The normalized spacial score (nSPS) is 13.1. The first kappa shape index (κ1) is 45.7. The van der Waals surface area contributed by atoms with Crippen molar-refractivity contribution in [2.45, 2.75) is 9.79 Å². The molecule has 6 N–H and O–H groups in total. The van der Waals surface area contributed by atoms with Gasteiger partial charge in [-0.2, -0.15) is 35.5 Å². The lowest BCUT2D eigenvalue weighted by molar-refractivity contribution is 0.0803. The van der Waals surface area contributed by atoms with Gasteiger partial charge in [0.25, 0.3) is 16.0 Å². The molecule has 4 rings (SSSR count). The number of aromatic hydroxyl groups is 1. The van der Waals surface area contributed by atoms with Crippen LogP contribution in [0.25, 0.3) is 10.8 Å². The predicted molar refractivity (Wildman–Crippen MR) is 204 cm³/mol. The molecule has 0 spiro atoms. The monoisotopic (exact) mass is 908 g/mol. The second-order valence-corrected chi connectivity index (χ2v) is 19.8. The number of carbonyl (C=O) groups excluding carboxylic acids is 1. The van der Waals surface area contributed by atoms with Crippen LogP contribution in [-0.2, 0) is 59.0 Å². The van der Waals surface area contributed by atoms with Crippen LogP contribution in [-0.4, -0.2) is 116 Å². The highest BCUT2D eigenvalue weighted by Gasteiger charge is 2.25. The lowest BCUT2D eigenvalue weighted by Crippen LogP contribution is -2.32. The zero-order valence-corrected chi connectivity index (χ0v) is 33.6. The SMILES string of the molecule is CN(CCS(=O)(=O)CCOS(=O)(=O)O)C(=O)c1cccc(N=Nc2c(S(=O)(=O)O)cc3c(N=Nc4ccc(S(=O)(=O)CCOS(=O)(=O)O)cc4)c(N)ccc3c2O)c1. The van der Waals surface area contributed by atoms with Gasteiger partial charge in [-0.05, 0) is 60.7 Å². The van der Waals surface area contributed by atoms with Gasteiger partial charge < -0.3 is 15.7 Å². The van der Waals surface area contributed by atoms with Crippen molar-refractivity contribution in [2.24, 2.45) is 20.5 Å². The number of carbonyl (C=O) groups is 1. The molecule has 0 aliphatic heterocycles. The molecular weight excluding hydrogens is 877 g/mol. The number of fused-ring (bicyclic) bond motifs is 1. The summed E-state index contributed by atoms with van der Waals surface area (Å²) in [4.78, 5) is 12.9. The number of nitrogens with two attached hydrogens (primary N) is 1. The van der Waals surface area contributed by atoms with Crippen LogP contribution in [0.3, 0.4) is 0 Å². The first-order valence-electron chi connectivity index (χ1n) is 15.8. The van der Waals surface area contributed by atoms with Crippen LogP contribution in [0.1, 0.15) is 10.4 Å². The van der Waals surface area contributed by atoms with Crippen LogP contribution in [0.15, 0.2) is 97.0 Å². The molecule has 0 bridgehead atoms. The second-order valence-electron chi connectivity index (χ2n) is 11.8. The van der Waals surface area contributed by atoms with E-state index in [1.54, 1.807) is 0 Å². The summed E-state index contributed by atoms with van der Waals surface area (Å²) in [5.41, 5.74) is 5.11. The number of hydrogen-bond donors (Lipinski definition) is 5. The summed E-state index contributed by atoms with van der Waals surface area (Å²) in [6, 6.07) is 13.5. The van der Waals surface area contributed by atoms with E-state index in [-0.39, 0.29) is 50.5 Å². The van der Waals surface area contributed by atoms with Crippen LogP contribution in [0.4, 0.5) is 28.4 Å². The van der Waals surface area contributed by atoms with Crippen molar-refractivity contribution in [3.8, 4) is 5.75 Å². The topological polar surface area (TPSA) is 366 Å². The summed E-state index contributed by atoms with van der Waals surface area (Å²) in [7, 11) is -21.5. The predicted octanol–water partition coefficient (Wildman–Crippen LogP) is 3.10. The van der Waals surface area contributed by atoms with E-state index >= 15 is 0 Å². The highest BCUT2D eigenvalue weighted by molar-refractivity contribution is 7.91. The number of azo groups is 2. The van der Waals surface area contributed by atoms with Gasteiger partial charge in [0.15, 0.2) is 25.4 Å². The third-order valence-electron chi connectivity index (χ3n) is 7.63. The Kier molecular flexibility index (Phi) is 14.0. The molecule has 0 aromatic heterocycles. The lowest BCUT2D eigenvalue weighted by atomic mass is 10.1. The Morgan fingerprint density at radius 1 is 0.690 bits per heavy atom. The fourth-order valence-corrected chi connectivity index (χ4v) is 8.43. The van der Waals surface area contributed by atoms with Crippen LogP contribution < -0.4 is 5.73 Å². The number of anilines is 1. The van der Waals surface area contributed by atoms with E-state index in [1.807, 2.05) is 0 Å². The second kappa shape index (κ2) is 17.8. The molecule has 314 valence electrons. The minimum absolute atomic E-state index is 0.0178. The van der Waals surface area contributed by atoms with Crippen molar-refractivity contribution in [2.75, 3.05) is 49.8 Å². The molecule has 23 nitrogen and oxygen atoms in total. The van der Waals surface area contributed by atoms with Crippen molar-refractivity contribution < 1.29 is 74.0 Å². The number of benzene rings is 4. The number of nitrogen functional groups attached to an aromatic ring is 1. The highest BCUT2D eigenvalue weighted by atomic mass is 32.3. The van der Waals surface area contributed by atoms with E-state index in [9.17, 15) is 56.5 Å². The first-order valence-corrected chi connectivity index (χ1v) is 23.4. The van der Waals surface area contributed by atoms with Gasteiger partial charge in [-0.25, -0.2) is 25.2 Å². The van der Waals surface area contributed by atoms with Gasteiger partial charge in [-0.1, -0.05) is 6.07 Å². The number of phenols is 1. The van der Waals surface area contributed by atoms with Gasteiger partial charge in [-0.15, -0.1) is 10.2 Å². The van der Waals surface area contributed by atoms with Crippen molar-refractivity contribution in [1.82, 2.24) is 4.90 Å². The van der Waals surface area contributed by atoms with E-state index < -0.39 is 103 Å². The van der Waals surface area contributed by atoms with Crippen LogP contribution in [0.5, 0.6) is 5.75 Å². The summed E-state index contributed by atoms with van der Waals surface area (Å²) in [6.45, 7) is -2.01. The third-order valence-corrected chi connectivity index (χ3v) is 12.7. The maximum atomic E-state index is 13.0. The summed E-state index contributed by atoms with van der Waals surface area (Å²) >= 11 is 0. The summed E-state index contributed by atoms with van der Waals surface area (Å²) in [5.74, 6) is -3.61. The Hall–Kier alpha value is -5.04. The number of sulfone groups is 2. The number of nitrogens with zero attached hydrogens (tertiary/aromatic N) is 5. The van der Waals surface area contributed by atoms with Crippen LogP contribution in [0.2, 0.25) is 0 Å². The molecule has 28 heteroatoms. The van der Waals surface area contributed by atoms with Crippen molar-refractivity contribution >= 4 is 95.7 Å². The van der Waals surface area contributed by atoms with Crippen molar-refractivity contribution in [1.29, 1.82) is 0 Å². The molecule has 1 amide bonds. The Morgan fingerprint density at radius 3 is 1.88 bits per heavy atom. The highest BCUT2D eigenvalue weighted by Crippen LogP contribution is 2.46. The van der Waals surface area contributed by atoms with Crippen LogP contribution in [0, 0.1) is 0 Å². The number of hydrogen-bond acceptors (Lipinski definition) is 19. The molecule has 0 radical (unpaired) electrons. The van der Waals surface area contributed by atoms with Crippen molar-refractivity contribution in [3.05, 3.63) is 72.3 Å². The molecule has 0 aliphatic rings. The van der Waals surface area contributed by atoms with Gasteiger partial charge in [0.2, 0.25) is 0 Å². The van der Waals surface area contributed by atoms with Crippen LogP contribution >= 0.6 is 0 Å². The zero-order chi connectivity index (χ0) is 43.3. The Morgan fingerprint density at radius 2 is 1.28 bits per heavy atom. The van der Waals surface area contributed by atoms with Crippen molar-refractivity contribution in [3.63, 3.8) is 0 Å². The molecule has 4 aromatic rings. The minimum Gasteiger partial charge on any atom is -0.505 e. The molecule has 0 unspecified atom stereocenters. The smallest absolute Gasteiger partial charge is 0.397 e. The average molecular weight is 909 g/mol. The largest absolute Gasteiger partial charge is 0.505 e. The summed E-state index contributed by atoms with van der Waals surface area (Å²) in [5, 5.41) is 26.8. The van der Waals surface area contributed by atoms with Gasteiger partial charge in [0.05, 0.1) is 52.4 Å². The van der Waals surface area contributed by atoms with E-state index in [0.29, 0.717) is 0 Å². The first-order chi connectivity index (χ1) is 26.8.